The number of rotatable bonds is 45. The molecule has 0 aliphatic rings. The second kappa shape index (κ2) is 46.1. The molecule has 0 fully saturated rings. The number of allylic oxidation sites excluding steroid dienone is 4. The highest BCUT2D eigenvalue weighted by atomic mass is 16.7. The maximum atomic E-state index is 13.1. The van der Waals surface area contributed by atoms with Crippen LogP contribution in [0.1, 0.15) is 208 Å². The molecule has 1 atom stereocenters. The highest BCUT2D eigenvalue weighted by molar-refractivity contribution is 5.75. The number of ether oxygens (including phenoxy) is 5. The smallest absolute Gasteiger partial charge is 0.465 e. The Morgan fingerprint density at radius 3 is 1.65 bits per heavy atom. The van der Waals surface area contributed by atoms with E-state index in [4.69, 9.17) is 23.7 Å². The van der Waals surface area contributed by atoms with E-state index < -0.39 is 18.4 Å². The molecule has 0 spiro atoms. The predicted molar refractivity (Wildman–Crippen MR) is 248 cm³/mol. The van der Waals surface area contributed by atoms with Gasteiger partial charge in [-0.25, -0.2) is 4.79 Å². The number of nitrogens with one attached hydrogen (secondary N) is 1. The molecule has 1 N–H and O–H groups in total. The number of carbonyl (C=O) groups is 3. The minimum absolute atomic E-state index is 0.0303. The van der Waals surface area contributed by atoms with Crippen molar-refractivity contribution in [3.05, 3.63) is 24.3 Å². The van der Waals surface area contributed by atoms with Crippen molar-refractivity contribution in [2.75, 3.05) is 59.2 Å². The Morgan fingerprint density at radius 2 is 1.05 bits per heavy atom. The lowest BCUT2D eigenvalue weighted by atomic mass is 10.1. The van der Waals surface area contributed by atoms with E-state index in [9.17, 15) is 14.4 Å². The zero-order valence-electron chi connectivity index (χ0n) is 39.6. The third-order valence-corrected chi connectivity index (χ3v) is 10.8. The molecule has 0 aliphatic carbocycles. The van der Waals surface area contributed by atoms with Gasteiger partial charge in [0, 0.05) is 51.5 Å². The average molecular weight is 851 g/mol. The van der Waals surface area contributed by atoms with Crippen LogP contribution in [0.5, 0.6) is 0 Å². The summed E-state index contributed by atoms with van der Waals surface area (Å²) in [4.78, 5) is 40.4. The Bertz CT molecular complexity index is 1000. The Hall–Kier alpha value is -2.43. The molecule has 0 heterocycles. The summed E-state index contributed by atoms with van der Waals surface area (Å²) >= 11 is 0. The first-order valence-corrected chi connectivity index (χ1v) is 24.9. The minimum Gasteiger partial charge on any atom is -0.465 e. The van der Waals surface area contributed by atoms with Crippen molar-refractivity contribution in [1.29, 1.82) is 0 Å². The third-order valence-electron chi connectivity index (χ3n) is 10.8. The van der Waals surface area contributed by atoms with Gasteiger partial charge >= 0.3 is 12.1 Å². The van der Waals surface area contributed by atoms with Crippen molar-refractivity contribution in [3.63, 3.8) is 0 Å². The van der Waals surface area contributed by atoms with Crippen LogP contribution in [0, 0.1) is 5.92 Å². The summed E-state index contributed by atoms with van der Waals surface area (Å²) in [7, 11) is 0. The van der Waals surface area contributed by atoms with E-state index in [-0.39, 0.29) is 44.7 Å². The third kappa shape index (κ3) is 40.9. The van der Waals surface area contributed by atoms with Crippen LogP contribution in [-0.2, 0) is 33.3 Å². The van der Waals surface area contributed by atoms with Gasteiger partial charge in [-0.3, -0.25) is 9.59 Å². The molecular formula is C50H94N2O8. The number of hydrogen-bond donors (Lipinski definition) is 1. The molecule has 352 valence electrons. The summed E-state index contributed by atoms with van der Waals surface area (Å²) in [5.74, 6) is -0.829. The highest BCUT2D eigenvalue weighted by Crippen LogP contribution is 2.13. The van der Waals surface area contributed by atoms with E-state index in [2.05, 4.69) is 69.1 Å². The zero-order chi connectivity index (χ0) is 44.0. The molecule has 0 aromatic rings. The lowest BCUT2D eigenvalue weighted by Crippen LogP contribution is -2.35. The molecule has 10 nitrogen and oxygen atoms in total. The van der Waals surface area contributed by atoms with E-state index in [1.807, 2.05) is 0 Å². The molecule has 1 unspecified atom stereocenters. The van der Waals surface area contributed by atoms with Gasteiger partial charge in [-0.05, 0) is 70.9 Å². The fraction of sp³-hybridized carbons (Fsp3) is 0.860. The number of esters is 1. The molecule has 0 rings (SSSR count). The van der Waals surface area contributed by atoms with Crippen molar-refractivity contribution in [1.82, 2.24) is 10.2 Å². The van der Waals surface area contributed by atoms with E-state index in [0.717, 1.165) is 90.3 Å². The van der Waals surface area contributed by atoms with Crippen LogP contribution in [0.15, 0.2) is 24.3 Å². The monoisotopic (exact) mass is 851 g/mol. The van der Waals surface area contributed by atoms with Gasteiger partial charge in [0.05, 0.1) is 13.2 Å². The van der Waals surface area contributed by atoms with Crippen LogP contribution in [0.3, 0.4) is 0 Å². The quantitative estimate of drug-likeness (QED) is 0.0277. The molecule has 0 aromatic heterocycles. The minimum atomic E-state index is -0.754. The van der Waals surface area contributed by atoms with Crippen molar-refractivity contribution in [3.8, 4) is 0 Å². The van der Waals surface area contributed by atoms with Crippen LogP contribution in [-0.4, -0.2) is 88.4 Å². The fourth-order valence-corrected chi connectivity index (χ4v) is 6.75. The highest BCUT2D eigenvalue weighted by Gasteiger charge is 2.19. The number of nitrogens with zero attached hydrogens (tertiary/aromatic N) is 1. The lowest BCUT2D eigenvalue weighted by molar-refractivity contribution is -0.151. The molecule has 0 radical (unpaired) electrons. The van der Waals surface area contributed by atoms with Gasteiger partial charge in [0.2, 0.25) is 5.91 Å². The zero-order valence-corrected chi connectivity index (χ0v) is 39.6. The van der Waals surface area contributed by atoms with Gasteiger partial charge in [0.1, 0.15) is 6.61 Å². The first-order chi connectivity index (χ1) is 29.4. The number of amides is 1. The Kier molecular flexibility index (Phi) is 44.2. The summed E-state index contributed by atoms with van der Waals surface area (Å²) in [6.07, 6.45) is 36.2. The van der Waals surface area contributed by atoms with Gasteiger partial charge in [-0.1, -0.05) is 155 Å². The molecular weight excluding hydrogens is 757 g/mol. The van der Waals surface area contributed by atoms with Gasteiger partial charge in [-0.2, -0.15) is 0 Å². The van der Waals surface area contributed by atoms with Gasteiger partial charge in [0.25, 0.3) is 0 Å². The normalized spacial score (nSPS) is 12.2. The summed E-state index contributed by atoms with van der Waals surface area (Å²) in [5, 5.41) is 2.97. The second-order valence-electron chi connectivity index (χ2n) is 16.4. The van der Waals surface area contributed by atoms with Crippen LogP contribution in [0.4, 0.5) is 4.79 Å². The largest absolute Gasteiger partial charge is 0.508 e. The van der Waals surface area contributed by atoms with E-state index >= 15 is 0 Å². The van der Waals surface area contributed by atoms with Crippen molar-refractivity contribution < 1.29 is 38.1 Å². The summed E-state index contributed by atoms with van der Waals surface area (Å²) in [5.41, 5.74) is 0. The fourth-order valence-electron chi connectivity index (χ4n) is 6.75. The van der Waals surface area contributed by atoms with E-state index in [0.29, 0.717) is 32.5 Å². The topological polar surface area (TPSA) is 113 Å². The molecule has 10 heteroatoms. The molecule has 0 saturated carbocycles. The van der Waals surface area contributed by atoms with Crippen molar-refractivity contribution in [2.24, 2.45) is 5.92 Å². The summed E-state index contributed by atoms with van der Waals surface area (Å²) < 4.78 is 28.6. The second-order valence-corrected chi connectivity index (χ2v) is 16.4. The van der Waals surface area contributed by atoms with Crippen LogP contribution >= 0.6 is 0 Å². The number of unbranched alkanes of at least 4 members (excludes halogenated alkanes) is 18. The first-order valence-electron chi connectivity index (χ1n) is 24.9. The molecule has 0 aliphatic heterocycles. The van der Waals surface area contributed by atoms with Crippen molar-refractivity contribution >= 4 is 18.0 Å². The Balaban J connectivity index is 4.84. The maximum absolute atomic E-state index is 13.1. The van der Waals surface area contributed by atoms with Crippen LogP contribution < -0.4 is 5.32 Å². The summed E-state index contributed by atoms with van der Waals surface area (Å²) in [6, 6.07) is 0. The molecule has 0 aromatic carbocycles. The van der Waals surface area contributed by atoms with E-state index in [1.54, 1.807) is 0 Å². The molecule has 0 bridgehead atoms. The Morgan fingerprint density at radius 1 is 0.533 bits per heavy atom. The lowest BCUT2D eigenvalue weighted by Gasteiger charge is -2.20. The maximum Gasteiger partial charge on any atom is 0.508 e. The van der Waals surface area contributed by atoms with Gasteiger partial charge in [0.15, 0.2) is 6.29 Å². The SMILES string of the molecule is CCCCC/C=C\C/C=C\CCCCCCCC(=O)OCC(CNC(=O)CCC(OCCCCCCCC)OCCCCCCCC)COC(=O)OCCCN(CC)CC. The molecule has 60 heavy (non-hydrogen) atoms. The average Bonchev–Trinajstić information content (AvgIpc) is 3.25. The van der Waals surface area contributed by atoms with Crippen molar-refractivity contribution in [2.45, 2.75) is 214 Å². The number of hydrogen-bond acceptors (Lipinski definition) is 9. The van der Waals surface area contributed by atoms with Crippen LogP contribution in [0.2, 0.25) is 0 Å². The summed E-state index contributed by atoms with van der Waals surface area (Å²) in [6.45, 7) is 15.4. The Labute approximate surface area is 369 Å². The molecule has 1 amide bonds. The van der Waals surface area contributed by atoms with Crippen LogP contribution in [0.25, 0.3) is 0 Å². The predicted octanol–water partition coefficient (Wildman–Crippen LogP) is 12.8. The molecule has 0 saturated heterocycles. The standard InChI is InChI=1S/C50H94N2O8/c1-6-11-14-17-20-21-22-23-24-25-26-27-28-29-32-36-48(54)59-44-46(45-60-50(55)58-42-35-39-52(9-4)10-5)43-51-47(53)37-38-49(56-40-33-30-18-15-12-7-2)57-41-34-31-19-16-13-8-3/h20-21,23-24,46,49H,6-19,22,25-45H2,1-5H3,(H,51,53)/b21-20-,24-23-. The number of carbonyl (C=O) groups excluding carboxylic acids is 3. The van der Waals surface area contributed by atoms with E-state index in [1.165, 1.54) is 77.0 Å². The van der Waals surface area contributed by atoms with Gasteiger partial charge in [-0.15, -0.1) is 0 Å². The van der Waals surface area contributed by atoms with Gasteiger partial charge < -0.3 is 33.9 Å². The first kappa shape index (κ1) is 57.6.